The van der Waals surface area contributed by atoms with E-state index in [-0.39, 0.29) is 5.91 Å². The summed E-state index contributed by atoms with van der Waals surface area (Å²) in [6.07, 6.45) is 1.56. The molecule has 1 amide bonds. The summed E-state index contributed by atoms with van der Waals surface area (Å²) in [5.41, 5.74) is 3.26. The molecular weight excluding hydrogens is 340 g/mol. The molecule has 1 aliphatic heterocycles. The predicted molar refractivity (Wildman–Crippen MR) is 107 cm³/mol. The summed E-state index contributed by atoms with van der Waals surface area (Å²) in [7, 11) is 1.65. The maximum Gasteiger partial charge on any atom is 0.233 e. The zero-order chi connectivity index (χ0) is 18.7. The Bertz CT molecular complexity index is 888. The Morgan fingerprint density at radius 3 is 2.59 bits per heavy atom. The maximum atomic E-state index is 12.9. The number of H-pyrrole nitrogens is 1. The zero-order valence-corrected chi connectivity index (χ0v) is 15.4. The second kappa shape index (κ2) is 7.50. The molecule has 3 aromatic rings. The lowest BCUT2D eigenvalue weighted by Crippen LogP contribution is -2.47. The van der Waals surface area contributed by atoms with Crippen LogP contribution in [0.25, 0.3) is 22.4 Å². The van der Waals surface area contributed by atoms with Gasteiger partial charge in [0.05, 0.1) is 23.1 Å². The average Bonchev–Trinajstić information content (AvgIpc) is 3.14. The van der Waals surface area contributed by atoms with Crippen molar-refractivity contribution in [3.05, 3.63) is 48.5 Å². The summed E-state index contributed by atoms with van der Waals surface area (Å²) in [6, 6.07) is 15.7. The Hall–Kier alpha value is -2.70. The van der Waals surface area contributed by atoms with Crippen LogP contribution in [0.15, 0.2) is 48.5 Å². The molecule has 6 nitrogen and oxygen atoms in total. The fourth-order valence-corrected chi connectivity index (χ4v) is 3.68. The van der Waals surface area contributed by atoms with Gasteiger partial charge in [-0.3, -0.25) is 4.79 Å². The lowest BCUT2D eigenvalue weighted by atomic mass is 9.78. The fraction of sp³-hybridized carbons (Fsp3) is 0.333. The largest absolute Gasteiger partial charge is 0.384 e. The van der Waals surface area contributed by atoms with E-state index < -0.39 is 5.41 Å². The SMILES string of the molecule is COCC1(C(=O)Nc2ccc(-c3nc4ccccc4[nH]3)cc2)CCNCC1. The maximum absolute atomic E-state index is 12.9. The third-order valence-corrected chi connectivity index (χ3v) is 5.27. The summed E-state index contributed by atoms with van der Waals surface area (Å²) in [5.74, 6) is 0.852. The summed E-state index contributed by atoms with van der Waals surface area (Å²) in [5, 5.41) is 6.37. The number of aromatic nitrogens is 2. The van der Waals surface area contributed by atoms with Crippen molar-refractivity contribution in [3.63, 3.8) is 0 Å². The van der Waals surface area contributed by atoms with E-state index >= 15 is 0 Å². The molecule has 3 N–H and O–H groups in total. The van der Waals surface area contributed by atoms with Crippen molar-refractivity contribution in [2.24, 2.45) is 5.41 Å². The van der Waals surface area contributed by atoms with Gasteiger partial charge in [0.1, 0.15) is 5.82 Å². The number of piperidine rings is 1. The predicted octanol–water partition coefficient (Wildman–Crippen LogP) is 3.18. The number of carbonyl (C=O) groups excluding carboxylic acids is 1. The number of anilines is 1. The topological polar surface area (TPSA) is 79.0 Å². The number of nitrogens with zero attached hydrogens (tertiary/aromatic N) is 1. The van der Waals surface area contributed by atoms with Crippen molar-refractivity contribution >= 4 is 22.6 Å². The van der Waals surface area contributed by atoms with Crippen LogP contribution in [0.5, 0.6) is 0 Å². The van der Waals surface area contributed by atoms with Crippen molar-refractivity contribution in [2.45, 2.75) is 12.8 Å². The summed E-state index contributed by atoms with van der Waals surface area (Å²) >= 11 is 0. The van der Waals surface area contributed by atoms with E-state index in [9.17, 15) is 4.79 Å². The number of aromatic amines is 1. The van der Waals surface area contributed by atoms with Crippen LogP contribution in [-0.4, -0.2) is 42.7 Å². The van der Waals surface area contributed by atoms with Gasteiger partial charge in [0, 0.05) is 18.4 Å². The van der Waals surface area contributed by atoms with Gasteiger partial charge in [-0.05, 0) is 62.3 Å². The number of hydrogen-bond acceptors (Lipinski definition) is 4. The molecule has 0 saturated carbocycles. The van der Waals surface area contributed by atoms with Crippen LogP contribution in [0.2, 0.25) is 0 Å². The van der Waals surface area contributed by atoms with Crippen LogP contribution >= 0.6 is 0 Å². The number of rotatable bonds is 5. The molecule has 27 heavy (non-hydrogen) atoms. The average molecular weight is 364 g/mol. The number of imidazole rings is 1. The number of benzene rings is 2. The first-order chi connectivity index (χ1) is 13.2. The lowest BCUT2D eigenvalue weighted by molar-refractivity contribution is -0.130. The highest BCUT2D eigenvalue weighted by Crippen LogP contribution is 2.31. The molecule has 0 radical (unpaired) electrons. The van der Waals surface area contributed by atoms with Gasteiger partial charge in [0.25, 0.3) is 0 Å². The second-order valence-electron chi connectivity index (χ2n) is 7.10. The van der Waals surface area contributed by atoms with Crippen LogP contribution in [-0.2, 0) is 9.53 Å². The molecule has 1 aromatic heterocycles. The minimum atomic E-state index is -0.461. The van der Waals surface area contributed by atoms with Crippen molar-refractivity contribution in [2.75, 3.05) is 32.1 Å². The fourth-order valence-electron chi connectivity index (χ4n) is 3.68. The van der Waals surface area contributed by atoms with Gasteiger partial charge in [0.15, 0.2) is 0 Å². The molecule has 0 aliphatic carbocycles. The van der Waals surface area contributed by atoms with E-state index in [1.807, 2.05) is 48.5 Å². The minimum absolute atomic E-state index is 0.0299. The van der Waals surface area contributed by atoms with Gasteiger partial charge < -0.3 is 20.4 Å². The molecule has 0 unspecified atom stereocenters. The van der Waals surface area contributed by atoms with Crippen molar-refractivity contribution in [1.29, 1.82) is 0 Å². The Morgan fingerprint density at radius 2 is 1.89 bits per heavy atom. The molecule has 0 bridgehead atoms. The summed E-state index contributed by atoms with van der Waals surface area (Å²) in [6.45, 7) is 2.11. The second-order valence-corrected chi connectivity index (χ2v) is 7.10. The minimum Gasteiger partial charge on any atom is -0.384 e. The Balaban J connectivity index is 1.51. The molecule has 2 heterocycles. The molecule has 4 rings (SSSR count). The van der Waals surface area contributed by atoms with Gasteiger partial charge in [-0.15, -0.1) is 0 Å². The monoisotopic (exact) mass is 364 g/mol. The first-order valence-corrected chi connectivity index (χ1v) is 9.26. The number of methoxy groups -OCH3 is 1. The van der Waals surface area contributed by atoms with Gasteiger partial charge in [-0.25, -0.2) is 4.98 Å². The van der Waals surface area contributed by atoms with Gasteiger partial charge in [-0.1, -0.05) is 12.1 Å². The molecule has 0 spiro atoms. The number of hydrogen-bond donors (Lipinski definition) is 3. The van der Waals surface area contributed by atoms with E-state index in [1.54, 1.807) is 7.11 Å². The molecular formula is C21H24N4O2. The summed E-state index contributed by atoms with van der Waals surface area (Å²) < 4.78 is 5.35. The van der Waals surface area contributed by atoms with Gasteiger partial charge >= 0.3 is 0 Å². The smallest absolute Gasteiger partial charge is 0.233 e. The molecule has 1 saturated heterocycles. The lowest BCUT2D eigenvalue weighted by Gasteiger charge is -2.35. The molecule has 2 aromatic carbocycles. The molecule has 1 aliphatic rings. The Morgan fingerprint density at radius 1 is 1.15 bits per heavy atom. The molecule has 140 valence electrons. The quantitative estimate of drug-likeness (QED) is 0.650. The number of para-hydroxylation sites is 2. The molecule has 6 heteroatoms. The Labute approximate surface area is 158 Å². The van der Waals surface area contributed by atoms with Crippen molar-refractivity contribution < 1.29 is 9.53 Å². The van der Waals surface area contributed by atoms with E-state index in [0.717, 1.165) is 54.0 Å². The number of amides is 1. The van der Waals surface area contributed by atoms with E-state index in [2.05, 4.69) is 20.6 Å². The van der Waals surface area contributed by atoms with Crippen LogP contribution in [0.4, 0.5) is 5.69 Å². The third-order valence-electron chi connectivity index (χ3n) is 5.27. The number of fused-ring (bicyclic) bond motifs is 1. The first-order valence-electron chi connectivity index (χ1n) is 9.26. The standard InChI is InChI=1S/C21H24N4O2/c1-27-14-21(10-12-22-13-11-21)20(26)23-16-8-6-15(7-9-16)19-24-17-4-2-3-5-18(17)25-19/h2-9,22H,10-14H2,1H3,(H,23,26)(H,24,25). The molecule has 0 atom stereocenters. The van der Waals surface area contributed by atoms with Crippen molar-refractivity contribution in [1.82, 2.24) is 15.3 Å². The van der Waals surface area contributed by atoms with E-state index in [1.165, 1.54) is 0 Å². The zero-order valence-electron chi connectivity index (χ0n) is 15.4. The van der Waals surface area contributed by atoms with E-state index in [0.29, 0.717) is 6.61 Å². The van der Waals surface area contributed by atoms with Crippen LogP contribution in [0.3, 0.4) is 0 Å². The third kappa shape index (κ3) is 3.59. The highest BCUT2D eigenvalue weighted by atomic mass is 16.5. The number of nitrogens with one attached hydrogen (secondary N) is 3. The summed E-state index contributed by atoms with van der Waals surface area (Å²) in [4.78, 5) is 20.9. The number of carbonyl (C=O) groups is 1. The highest BCUT2D eigenvalue weighted by Gasteiger charge is 2.39. The van der Waals surface area contributed by atoms with E-state index in [4.69, 9.17) is 4.74 Å². The van der Waals surface area contributed by atoms with Crippen LogP contribution < -0.4 is 10.6 Å². The van der Waals surface area contributed by atoms with Gasteiger partial charge in [0.2, 0.25) is 5.91 Å². The van der Waals surface area contributed by atoms with Crippen molar-refractivity contribution in [3.8, 4) is 11.4 Å². The normalized spacial score (nSPS) is 16.3. The van der Waals surface area contributed by atoms with Gasteiger partial charge in [-0.2, -0.15) is 0 Å². The first kappa shape index (κ1) is 17.7. The molecule has 1 fully saturated rings. The van der Waals surface area contributed by atoms with Crippen LogP contribution in [0.1, 0.15) is 12.8 Å². The number of ether oxygens (including phenoxy) is 1. The highest BCUT2D eigenvalue weighted by molar-refractivity contribution is 5.95. The Kier molecular flexibility index (Phi) is 4.92. The van der Waals surface area contributed by atoms with Crippen LogP contribution in [0, 0.1) is 5.41 Å².